The molecule has 0 bridgehead atoms. The first kappa shape index (κ1) is 22.0. The van der Waals surface area contributed by atoms with Crippen LogP contribution in [0.1, 0.15) is 23.2 Å². The van der Waals surface area contributed by atoms with E-state index >= 15 is 0 Å². The number of nitrogens with one attached hydrogen (secondary N) is 1. The molecule has 0 radical (unpaired) electrons. The number of halogens is 1. The van der Waals surface area contributed by atoms with Gasteiger partial charge in [0.15, 0.2) is 5.96 Å². The molecule has 8 nitrogen and oxygen atoms in total. The zero-order chi connectivity index (χ0) is 15.0. The standard InChI is InChI=1S/C13H19N5O2.ClH.H2O/c14-11(19)10(7-4-8-17-13(15)16)18-12(20)9-5-2-1-3-6-9;;/h1-3,5-6,10H,4,7-8H2,(H2,14,19)(H,18,20)(H4,15,16,17);1H;1H2. The summed E-state index contributed by atoms with van der Waals surface area (Å²) in [5.41, 5.74) is 16.1. The molecule has 0 saturated heterocycles. The third-order valence-corrected chi connectivity index (χ3v) is 2.63. The first-order valence-electron chi connectivity index (χ1n) is 6.21. The first-order valence-corrected chi connectivity index (χ1v) is 6.21. The Morgan fingerprint density at radius 3 is 2.23 bits per heavy atom. The second-order valence-corrected chi connectivity index (χ2v) is 4.24. The smallest absolute Gasteiger partial charge is 0.251 e. The van der Waals surface area contributed by atoms with Gasteiger partial charge in [-0.3, -0.25) is 14.6 Å². The average molecular weight is 332 g/mol. The molecule has 0 aliphatic heterocycles. The topological polar surface area (TPSA) is 168 Å². The molecule has 0 heterocycles. The number of primary amides is 1. The van der Waals surface area contributed by atoms with Crippen molar-refractivity contribution in [2.24, 2.45) is 22.2 Å². The van der Waals surface area contributed by atoms with Crippen LogP contribution < -0.4 is 22.5 Å². The van der Waals surface area contributed by atoms with Gasteiger partial charge in [-0.1, -0.05) is 18.2 Å². The van der Waals surface area contributed by atoms with Crippen molar-refractivity contribution in [1.29, 1.82) is 0 Å². The predicted octanol–water partition coefficient (Wildman–Crippen LogP) is -1.08. The Balaban J connectivity index is 0. The van der Waals surface area contributed by atoms with Gasteiger partial charge >= 0.3 is 0 Å². The molecule has 9 heteroatoms. The molecule has 1 aromatic rings. The van der Waals surface area contributed by atoms with Gasteiger partial charge in [-0.2, -0.15) is 0 Å². The van der Waals surface area contributed by atoms with Crippen LogP contribution in [0, 0.1) is 0 Å². The summed E-state index contributed by atoms with van der Waals surface area (Å²) in [6.07, 6.45) is 0.922. The largest absolute Gasteiger partial charge is 0.412 e. The van der Waals surface area contributed by atoms with Crippen LogP contribution in [0.15, 0.2) is 35.3 Å². The molecule has 0 spiro atoms. The fourth-order valence-electron chi connectivity index (χ4n) is 1.62. The van der Waals surface area contributed by atoms with Gasteiger partial charge < -0.3 is 28.0 Å². The lowest BCUT2D eigenvalue weighted by atomic mass is 10.1. The molecule has 22 heavy (non-hydrogen) atoms. The molecule has 0 saturated carbocycles. The van der Waals surface area contributed by atoms with Gasteiger partial charge in [-0.15, -0.1) is 12.4 Å². The number of aliphatic imine (C=N–C) groups is 1. The number of hydrogen-bond acceptors (Lipinski definition) is 3. The summed E-state index contributed by atoms with van der Waals surface area (Å²) < 4.78 is 0. The number of nitrogens with zero attached hydrogens (tertiary/aromatic N) is 1. The maximum Gasteiger partial charge on any atom is 0.251 e. The van der Waals surface area contributed by atoms with Gasteiger partial charge in [0.25, 0.3) is 5.91 Å². The Morgan fingerprint density at radius 2 is 1.73 bits per heavy atom. The number of carbonyl (C=O) groups excluding carboxylic acids is 2. The van der Waals surface area contributed by atoms with Crippen LogP contribution in [0.5, 0.6) is 0 Å². The fourth-order valence-corrected chi connectivity index (χ4v) is 1.62. The molecule has 0 aromatic heterocycles. The lowest BCUT2D eigenvalue weighted by Gasteiger charge is -2.14. The summed E-state index contributed by atoms with van der Waals surface area (Å²) in [5.74, 6) is -0.927. The zero-order valence-electron chi connectivity index (χ0n) is 12.0. The highest BCUT2D eigenvalue weighted by Gasteiger charge is 2.18. The molecule has 0 aliphatic rings. The van der Waals surface area contributed by atoms with Crippen LogP contribution >= 0.6 is 12.4 Å². The van der Waals surface area contributed by atoms with Crippen molar-refractivity contribution in [2.75, 3.05) is 6.54 Å². The van der Waals surface area contributed by atoms with Crippen molar-refractivity contribution < 1.29 is 15.1 Å². The highest BCUT2D eigenvalue weighted by molar-refractivity contribution is 5.97. The second kappa shape index (κ2) is 11.4. The maximum atomic E-state index is 11.9. The van der Waals surface area contributed by atoms with Gasteiger partial charge in [0, 0.05) is 12.1 Å². The van der Waals surface area contributed by atoms with Gasteiger partial charge in [0.05, 0.1) is 0 Å². The van der Waals surface area contributed by atoms with Crippen molar-refractivity contribution in [3.8, 4) is 0 Å². The molecule has 1 atom stereocenters. The summed E-state index contributed by atoms with van der Waals surface area (Å²) in [4.78, 5) is 27.0. The third-order valence-electron chi connectivity index (χ3n) is 2.63. The van der Waals surface area contributed by atoms with E-state index in [9.17, 15) is 9.59 Å². The highest BCUT2D eigenvalue weighted by atomic mass is 35.5. The minimum Gasteiger partial charge on any atom is -0.412 e. The van der Waals surface area contributed by atoms with Crippen LogP contribution in [0.25, 0.3) is 0 Å². The SMILES string of the molecule is Cl.NC(=O)C(CCCN=C(N)N)NC(=O)c1ccccc1.O. The molecule has 1 aromatic carbocycles. The molecule has 0 fully saturated rings. The van der Waals surface area contributed by atoms with Crippen LogP contribution in [-0.2, 0) is 4.79 Å². The van der Waals surface area contributed by atoms with Crippen molar-refractivity contribution >= 4 is 30.2 Å². The summed E-state index contributed by atoms with van der Waals surface area (Å²) in [6, 6.07) is 7.87. The van der Waals surface area contributed by atoms with Crippen molar-refractivity contribution in [1.82, 2.24) is 5.32 Å². The quantitative estimate of drug-likeness (QED) is 0.283. The number of amides is 2. The van der Waals surface area contributed by atoms with Gasteiger partial charge in [0.2, 0.25) is 5.91 Å². The number of guanidine groups is 1. The minimum atomic E-state index is -0.739. The Morgan fingerprint density at radius 1 is 1.14 bits per heavy atom. The Hall–Kier alpha value is -2.32. The normalized spacial score (nSPS) is 10.4. The average Bonchev–Trinajstić information content (AvgIpc) is 2.42. The summed E-state index contributed by atoms with van der Waals surface area (Å²) in [6.45, 7) is 0.382. The zero-order valence-corrected chi connectivity index (χ0v) is 12.8. The summed E-state index contributed by atoms with van der Waals surface area (Å²) >= 11 is 0. The maximum absolute atomic E-state index is 11.9. The molecule has 1 unspecified atom stereocenters. The predicted molar refractivity (Wildman–Crippen MR) is 87.7 cm³/mol. The lowest BCUT2D eigenvalue weighted by Crippen LogP contribution is -2.44. The Bertz CT molecular complexity index is 492. The first-order chi connectivity index (χ1) is 9.50. The Labute approximate surface area is 134 Å². The minimum absolute atomic E-state index is 0. The van der Waals surface area contributed by atoms with Crippen LogP contribution in [0.2, 0.25) is 0 Å². The van der Waals surface area contributed by atoms with E-state index in [4.69, 9.17) is 17.2 Å². The van der Waals surface area contributed by atoms with E-state index in [0.29, 0.717) is 24.9 Å². The van der Waals surface area contributed by atoms with E-state index in [-0.39, 0.29) is 29.7 Å². The lowest BCUT2D eigenvalue weighted by molar-refractivity contribution is -0.120. The van der Waals surface area contributed by atoms with E-state index < -0.39 is 11.9 Å². The number of carbonyl (C=O) groups is 2. The molecule has 124 valence electrons. The summed E-state index contributed by atoms with van der Waals surface area (Å²) in [7, 11) is 0. The fraction of sp³-hybridized carbons (Fsp3) is 0.308. The molecular formula is C13H22ClN5O3. The van der Waals surface area contributed by atoms with E-state index in [1.54, 1.807) is 30.3 Å². The molecule has 2 amide bonds. The number of hydrogen-bond donors (Lipinski definition) is 4. The van der Waals surface area contributed by atoms with Crippen molar-refractivity contribution in [3.05, 3.63) is 35.9 Å². The van der Waals surface area contributed by atoms with E-state index in [1.165, 1.54) is 0 Å². The van der Waals surface area contributed by atoms with Crippen LogP contribution in [0.3, 0.4) is 0 Å². The van der Waals surface area contributed by atoms with Gasteiger partial charge in [0.1, 0.15) is 6.04 Å². The molecular weight excluding hydrogens is 310 g/mol. The number of rotatable bonds is 7. The monoisotopic (exact) mass is 331 g/mol. The van der Waals surface area contributed by atoms with E-state index in [0.717, 1.165) is 0 Å². The van der Waals surface area contributed by atoms with Crippen molar-refractivity contribution in [2.45, 2.75) is 18.9 Å². The van der Waals surface area contributed by atoms with Gasteiger partial charge in [-0.25, -0.2) is 0 Å². The van der Waals surface area contributed by atoms with Crippen molar-refractivity contribution in [3.63, 3.8) is 0 Å². The highest BCUT2D eigenvalue weighted by Crippen LogP contribution is 2.02. The van der Waals surface area contributed by atoms with Crippen LogP contribution in [-0.4, -0.2) is 35.8 Å². The van der Waals surface area contributed by atoms with Crippen LogP contribution in [0.4, 0.5) is 0 Å². The van der Waals surface area contributed by atoms with E-state index in [1.807, 2.05) is 0 Å². The third kappa shape index (κ3) is 8.08. The molecule has 1 rings (SSSR count). The molecule has 9 N–H and O–H groups in total. The number of nitrogens with two attached hydrogens (primary N) is 3. The second-order valence-electron chi connectivity index (χ2n) is 4.24. The number of benzene rings is 1. The van der Waals surface area contributed by atoms with E-state index in [2.05, 4.69) is 10.3 Å². The molecule has 0 aliphatic carbocycles. The van der Waals surface area contributed by atoms with Gasteiger partial charge in [-0.05, 0) is 25.0 Å². The Kier molecular flexibility index (Phi) is 11.3. The summed E-state index contributed by atoms with van der Waals surface area (Å²) in [5, 5.41) is 2.60.